The molecule has 37 heavy (non-hydrogen) atoms. The van der Waals surface area contributed by atoms with E-state index < -0.39 is 11.6 Å². The minimum Gasteiger partial charge on any atom is -0.395 e. The molecular weight excluding hydrogens is 478 g/mol. The summed E-state index contributed by atoms with van der Waals surface area (Å²) in [4.78, 5) is 17.1. The molecule has 1 saturated heterocycles. The lowest BCUT2D eigenvalue weighted by Crippen LogP contribution is -2.52. The van der Waals surface area contributed by atoms with E-state index in [0.717, 1.165) is 31.4 Å². The molecular formula is C26H32F2N8O. The molecule has 3 aromatic rings. The summed E-state index contributed by atoms with van der Waals surface area (Å²) in [7, 11) is 0. The van der Waals surface area contributed by atoms with Crippen LogP contribution in [0.4, 0.5) is 31.9 Å². The molecule has 0 spiro atoms. The summed E-state index contributed by atoms with van der Waals surface area (Å²) in [5.74, 6) is -0.436. The van der Waals surface area contributed by atoms with Crippen LogP contribution in [0.5, 0.6) is 0 Å². The Morgan fingerprint density at radius 1 is 1.16 bits per heavy atom. The van der Waals surface area contributed by atoms with E-state index in [1.165, 1.54) is 6.07 Å². The minimum absolute atomic E-state index is 0.00725. The van der Waals surface area contributed by atoms with Gasteiger partial charge in [-0.15, -0.1) is 0 Å². The second kappa shape index (κ2) is 10.5. The Hall–Kier alpha value is -3.41. The molecule has 0 saturated carbocycles. The van der Waals surface area contributed by atoms with Gasteiger partial charge in [-0.25, -0.2) is 23.7 Å². The first kappa shape index (κ1) is 25.2. The van der Waals surface area contributed by atoms with Crippen LogP contribution in [0, 0.1) is 11.6 Å². The third-order valence-electron chi connectivity index (χ3n) is 6.83. The molecule has 9 nitrogen and oxygen atoms in total. The van der Waals surface area contributed by atoms with Crippen LogP contribution in [0.2, 0.25) is 0 Å². The fraction of sp³-hybridized carbons (Fsp3) is 0.423. The number of piperazine rings is 1. The van der Waals surface area contributed by atoms with Gasteiger partial charge in [-0.1, -0.05) is 6.07 Å². The average Bonchev–Trinajstić information content (AvgIpc) is 3.23. The monoisotopic (exact) mass is 510 g/mol. The molecule has 11 heteroatoms. The molecule has 4 heterocycles. The van der Waals surface area contributed by atoms with E-state index >= 15 is 0 Å². The lowest BCUT2D eigenvalue weighted by atomic mass is 10.1. The number of aromatic nitrogens is 3. The van der Waals surface area contributed by atoms with Crippen molar-refractivity contribution >= 4 is 23.1 Å². The smallest absolute Gasteiger partial charge is 0.229 e. The normalized spacial score (nSPS) is 19.7. The number of nitrogens with one attached hydrogen (secondary N) is 3. The van der Waals surface area contributed by atoms with E-state index in [2.05, 4.69) is 40.7 Å². The number of rotatable bonds is 7. The van der Waals surface area contributed by atoms with E-state index in [0.29, 0.717) is 29.3 Å². The SMILES string of the molecule is CC(C)N1c2cc(-c3nc(Nc4ccc(CN5CCNCC5CO)cn4)ncc3F)cc(F)c2NC1C. The maximum atomic E-state index is 15.0. The summed E-state index contributed by atoms with van der Waals surface area (Å²) in [6, 6.07) is 7.00. The van der Waals surface area contributed by atoms with Gasteiger partial charge >= 0.3 is 0 Å². The molecule has 2 unspecified atom stereocenters. The summed E-state index contributed by atoms with van der Waals surface area (Å²) in [5, 5.41) is 19.1. The van der Waals surface area contributed by atoms with Gasteiger partial charge in [0.05, 0.1) is 30.3 Å². The predicted molar refractivity (Wildman–Crippen MR) is 140 cm³/mol. The van der Waals surface area contributed by atoms with Gasteiger partial charge in [-0.3, -0.25) is 4.90 Å². The van der Waals surface area contributed by atoms with Crippen molar-refractivity contribution in [1.82, 2.24) is 25.2 Å². The minimum atomic E-state index is -0.641. The van der Waals surface area contributed by atoms with Gasteiger partial charge in [0.1, 0.15) is 17.3 Å². The van der Waals surface area contributed by atoms with Crippen molar-refractivity contribution in [3.63, 3.8) is 0 Å². The molecule has 2 atom stereocenters. The van der Waals surface area contributed by atoms with E-state index in [4.69, 9.17) is 0 Å². The number of benzene rings is 1. The van der Waals surface area contributed by atoms with Crippen LogP contribution in [-0.2, 0) is 6.54 Å². The summed E-state index contributed by atoms with van der Waals surface area (Å²) < 4.78 is 29.8. The zero-order chi connectivity index (χ0) is 26.1. The van der Waals surface area contributed by atoms with Crippen LogP contribution < -0.4 is 20.9 Å². The van der Waals surface area contributed by atoms with Crippen LogP contribution in [0.3, 0.4) is 0 Å². The summed E-state index contributed by atoms with van der Waals surface area (Å²) >= 11 is 0. The van der Waals surface area contributed by atoms with E-state index in [1.54, 1.807) is 18.3 Å². The number of hydrogen-bond donors (Lipinski definition) is 4. The highest BCUT2D eigenvalue weighted by Crippen LogP contribution is 2.41. The molecule has 1 fully saturated rings. The number of halogens is 2. The largest absolute Gasteiger partial charge is 0.395 e. The molecule has 2 aromatic heterocycles. The first-order chi connectivity index (χ1) is 17.8. The predicted octanol–water partition coefficient (Wildman–Crippen LogP) is 3.31. The van der Waals surface area contributed by atoms with Gasteiger partial charge in [0.15, 0.2) is 5.82 Å². The van der Waals surface area contributed by atoms with Gasteiger partial charge in [0.25, 0.3) is 0 Å². The molecule has 2 aliphatic rings. The average molecular weight is 511 g/mol. The highest BCUT2D eigenvalue weighted by molar-refractivity contribution is 5.82. The molecule has 4 N–H and O–H groups in total. The third-order valence-corrected chi connectivity index (χ3v) is 6.83. The molecule has 2 aliphatic heterocycles. The van der Waals surface area contributed by atoms with Crippen LogP contribution in [0.1, 0.15) is 26.3 Å². The lowest BCUT2D eigenvalue weighted by molar-refractivity contribution is 0.0945. The Morgan fingerprint density at radius 3 is 2.73 bits per heavy atom. The van der Waals surface area contributed by atoms with Crippen molar-refractivity contribution < 1.29 is 13.9 Å². The standard InChI is InChI=1S/C26H32F2N8O/c1-15(2)36-16(3)32-25-20(27)8-18(9-22(25)36)24-21(28)12-31-26(34-24)33-23-5-4-17(10-30-23)13-35-7-6-29-11-19(35)14-37/h4-5,8-10,12,15-16,19,29,32,37H,6-7,11,13-14H2,1-3H3,(H,30,31,33,34). The second-order valence-electron chi connectivity index (χ2n) is 9.75. The van der Waals surface area contributed by atoms with Crippen molar-refractivity contribution in [2.75, 3.05) is 41.8 Å². The molecule has 0 bridgehead atoms. The zero-order valence-corrected chi connectivity index (χ0v) is 21.2. The fourth-order valence-corrected chi connectivity index (χ4v) is 5.05. The number of fused-ring (bicyclic) bond motifs is 1. The van der Waals surface area contributed by atoms with Crippen LogP contribution in [-0.4, -0.2) is 69.4 Å². The Morgan fingerprint density at radius 2 is 2.00 bits per heavy atom. The first-order valence-electron chi connectivity index (χ1n) is 12.5. The molecule has 0 amide bonds. The second-order valence-corrected chi connectivity index (χ2v) is 9.75. The number of anilines is 4. The third kappa shape index (κ3) is 5.20. The summed E-state index contributed by atoms with van der Waals surface area (Å²) in [6.07, 6.45) is 2.75. The quantitative estimate of drug-likeness (QED) is 0.381. The topological polar surface area (TPSA) is 101 Å². The number of aliphatic hydroxyl groups excluding tert-OH is 1. The van der Waals surface area contributed by atoms with E-state index in [1.807, 2.05) is 26.8 Å². The Balaban J connectivity index is 1.35. The molecule has 0 radical (unpaired) electrons. The fourth-order valence-electron chi connectivity index (χ4n) is 5.05. The molecule has 1 aromatic carbocycles. The Bertz CT molecular complexity index is 1260. The van der Waals surface area contributed by atoms with Crippen molar-refractivity contribution in [3.05, 3.63) is 53.9 Å². The van der Waals surface area contributed by atoms with Crippen LogP contribution >= 0.6 is 0 Å². The van der Waals surface area contributed by atoms with Crippen molar-refractivity contribution in [3.8, 4) is 11.3 Å². The Kier molecular flexibility index (Phi) is 7.18. The van der Waals surface area contributed by atoms with E-state index in [9.17, 15) is 13.9 Å². The van der Waals surface area contributed by atoms with Gasteiger partial charge in [-0.05, 0) is 44.5 Å². The lowest BCUT2D eigenvalue weighted by Gasteiger charge is -2.35. The summed E-state index contributed by atoms with van der Waals surface area (Å²) in [5.41, 5.74) is 2.44. The highest BCUT2D eigenvalue weighted by atomic mass is 19.1. The van der Waals surface area contributed by atoms with Gasteiger partial charge in [-0.2, -0.15) is 0 Å². The van der Waals surface area contributed by atoms with Crippen molar-refractivity contribution in [2.24, 2.45) is 0 Å². The van der Waals surface area contributed by atoms with Gasteiger partial charge < -0.3 is 26.0 Å². The van der Waals surface area contributed by atoms with Crippen LogP contribution in [0.15, 0.2) is 36.7 Å². The Labute approximate surface area is 215 Å². The number of pyridine rings is 1. The number of aliphatic hydroxyl groups is 1. The van der Waals surface area contributed by atoms with Gasteiger partial charge in [0.2, 0.25) is 5.95 Å². The maximum Gasteiger partial charge on any atom is 0.229 e. The molecule has 196 valence electrons. The number of nitrogens with zero attached hydrogens (tertiary/aromatic N) is 5. The van der Waals surface area contributed by atoms with Crippen molar-refractivity contribution in [2.45, 2.75) is 45.6 Å². The highest BCUT2D eigenvalue weighted by Gasteiger charge is 2.31. The number of hydrogen-bond acceptors (Lipinski definition) is 9. The van der Waals surface area contributed by atoms with Crippen molar-refractivity contribution in [1.29, 1.82) is 0 Å². The molecule has 5 rings (SSSR count). The van der Waals surface area contributed by atoms with E-state index in [-0.39, 0.29) is 36.5 Å². The zero-order valence-electron chi connectivity index (χ0n) is 21.2. The maximum absolute atomic E-state index is 15.0. The summed E-state index contributed by atoms with van der Waals surface area (Å²) in [6.45, 7) is 9.28. The van der Waals surface area contributed by atoms with Crippen LogP contribution in [0.25, 0.3) is 11.3 Å². The first-order valence-corrected chi connectivity index (χ1v) is 12.5. The van der Waals surface area contributed by atoms with Gasteiger partial charge in [0, 0.05) is 50.0 Å². The molecule has 0 aliphatic carbocycles.